The van der Waals surface area contributed by atoms with Gasteiger partial charge in [0.05, 0.1) is 0 Å². The van der Waals surface area contributed by atoms with E-state index in [1.54, 1.807) is 19.0 Å². The molecule has 0 radical (unpaired) electrons. The maximum atomic E-state index is 11.3. The molecule has 4 nitrogen and oxygen atoms in total. The van der Waals surface area contributed by atoms with Crippen LogP contribution in [0.2, 0.25) is 0 Å². The van der Waals surface area contributed by atoms with Gasteiger partial charge in [-0.15, -0.1) is 12.4 Å². The van der Waals surface area contributed by atoms with Gasteiger partial charge in [0.25, 0.3) is 0 Å². The predicted molar refractivity (Wildman–Crippen MR) is 59.9 cm³/mol. The molecule has 1 aliphatic heterocycles. The summed E-state index contributed by atoms with van der Waals surface area (Å²) in [4.78, 5) is 12.9. The molecule has 5 heteroatoms. The van der Waals surface area contributed by atoms with Crippen LogP contribution in [0, 0.1) is 5.92 Å². The Labute approximate surface area is 91.8 Å². The summed E-state index contributed by atoms with van der Waals surface area (Å²) in [5, 5.41) is 6.27. The third-order valence-electron chi connectivity index (χ3n) is 2.54. The van der Waals surface area contributed by atoms with Crippen LogP contribution >= 0.6 is 12.4 Å². The maximum Gasteiger partial charge on any atom is 0.317 e. The summed E-state index contributed by atoms with van der Waals surface area (Å²) in [6.07, 6.45) is 1.14. The second kappa shape index (κ2) is 6.09. The first-order valence-corrected chi connectivity index (χ1v) is 4.80. The number of nitrogens with one attached hydrogen (secondary N) is 2. The molecule has 2 amide bonds. The highest BCUT2D eigenvalue weighted by Gasteiger charge is 2.22. The first kappa shape index (κ1) is 13.5. The fraction of sp³-hybridized carbons (Fsp3) is 0.889. The number of carbonyl (C=O) groups is 1. The van der Waals surface area contributed by atoms with Crippen molar-refractivity contribution in [3.63, 3.8) is 0 Å². The lowest BCUT2D eigenvalue weighted by molar-refractivity contribution is 0.202. The van der Waals surface area contributed by atoms with Crippen molar-refractivity contribution >= 4 is 18.4 Å². The minimum absolute atomic E-state index is 0. The van der Waals surface area contributed by atoms with Gasteiger partial charge in [0.15, 0.2) is 0 Å². The lowest BCUT2D eigenvalue weighted by Gasteiger charge is -2.31. The van der Waals surface area contributed by atoms with Crippen molar-refractivity contribution < 1.29 is 4.79 Å². The minimum Gasteiger partial charge on any atom is -0.334 e. The molecule has 0 spiro atoms. The number of carbonyl (C=O) groups excluding carboxylic acids is 1. The van der Waals surface area contributed by atoms with Crippen LogP contribution in [0.4, 0.5) is 4.79 Å². The molecule has 2 N–H and O–H groups in total. The first-order chi connectivity index (χ1) is 6.11. The zero-order valence-corrected chi connectivity index (χ0v) is 9.86. The highest BCUT2D eigenvalue weighted by Crippen LogP contribution is 2.10. The van der Waals surface area contributed by atoms with E-state index in [4.69, 9.17) is 0 Å². The van der Waals surface area contributed by atoms with Gasteiger partial charge in [0, 0.05) is 26.7 Å². The molecule has 0 aliphatic carbocycles. The van der Waals surface area contributed by atoms with E-state index in [-0.39, 0.29) is 24.5 Å². The van der Waals surface area contributed by atoms with Gasteiger partial charge in [-0.05, 0) is 18.9 Å². The Morgan fingerprint density at radius 2 is 2.14 bits per heavy atom. The van der Waals surface area contributed by atoms with Crippen LogP contribution in [0.1, 0.15) is 13.3 Å². The van der Waals surface area contributed by atoms with Crippen molar-refractivity contribution in [2.24, 2.45) is 5.92 Å². The van der Waals surface area contributed by atoms with E-state index in [1.165, 1.54) is 0 Å². The Morgan fingerprint density at radius 3 is 2.64 bits per heavy atom. The molecule has 0 saturated carbocycles. The largest absolute Gasteiger partial charge is 0.334 e. The van der Waals surface area contributed by atoms with Crippen LogP contribution in [-0.4, -0.2) is 44.2 Å². The fourth-order valence-electron chi connectivity index (χ4n) is 1.47. The highest BCUT2D eigenvalue weighted by molar-refractivity contribution is 5.85. The molecule has 1 saturated heterocycles. The molecule has 0 aromatic carbocycles. The smallest absolute Gasteiger partial charge is 0.317 e. The number of halogens is 1. The SMILES string of the molecule is C[C@@H]1CCNC[C@@H]1NC(=O)N(C)C.Cl. The summed E-state index contributed by atoms with van der Waals surface area (Å²) in [6, 6.07) is 0.282. The first-order valence-electron chi connectivity index (χ1n) is 4.80. The Morgan fingerprint density at radius 1 is 1.50 bits per heavy atom. The second-order valence-corrected chi connectivity index (χ2v) is 3.92. The van der Waals surface area contributed by atoms with Crippen LogP contribution < -0.4 is 10.6 Å². The van der Waals surface area contributed by atoms with Crippen molar-refractivity contribution in [1.82, 2.24) is 15.5 Å². The standard InChI is InChI=1S/C9H19N3O.ClH/c1-7-4-5-10-6-8(7)11-9(13)12(2)3;/h7-8,10H,4-6H2,1-3H3,(H,11,13);1H/t7-,8+;/m1./s1. The molecular formula is C9H20ClN3O. The Bertz CT molecular complexity index is 187. The van der Waals surface area contributed by atoms with Crippen LogP contribution in [0.3, 0.4) is 0 Å². The number of rotatable bonds is 1. The van der Waals surface area contributed by atoms with Crippen LogP contribution in [0.25, 0.3) is 0 Å². The number of nitrogens with zero attached hydrogens (tertiary/aromatic N) is 1. The molecule has 0 bridgehead atoms. The number of hydrogen-bond donors (Lipinski definition) is 2. The van der Waals surface area contributed by atoms with Crippen LogP contribution in [0.5, 0.6) is 0 Å². The summed E-state index contributed by atoms with van der Waals surface area (Å²) >= 11 is 0. The zero-order valence-electron chi connectivity index (χ0n) is 9.04. The van der Waals surface area contributed by atoms with Crippen molar-refractivity contribution in [2.45, 2.75) is 19.4 Å². The summed E-state index contributed by atoms with van der Waals surface area (Å²) in [6.45, 7) is 4.14. The lowest BCUT2D eigenvalue weighted by Crippen LogP contribution is -2.52. The summed E-state index contributed by atoms with van der Waals surface area (Å²) < 4.78 is 0. The quantitative estimate of drug-likeness (QED) is 0.684. The van der Waals surface area contributed by atoms with E-state index >= 15 is 0 Å². The summed E-state index contributed by atoms with van der Waals surface area (Å²) in [7, 11) is 3.52. The van der Waals surface area contributed by atoms with Crippen molar-refractivity contribution in [3.8, 4) is 0 Å². The molecule has 1 rings (SSSR count). The normalized spacial score (nSPS) is 26.2. The number of hydrogen-bond acceptors (Lipinski definition) is 2. The van der Waals surface area contributed by atoms with Crippen molar-refractivity contribution in [3.05, 3.63) is 0 Å². The van der Waals surface area contributed by atoms with Gasteiger partial charge in [-0.2, -0.15) is 0 Å². The fourth-order valence-corrected chi connectivity index (χ4v) is 1.47. The van der Waals surface area contributed by atoms with E-state index in [2.05, 4.69) is 17.6 Å². The third kappa shape index (κ3) is 3.72. The molecule has 1 fully saturated rings. The number of urea groups is 1. The molecule has 0 unspecified atom stereocenters. The Balaban J connectivity index is 0.00000169. The van der Waals surface area contributed by atoms with Gasteiger partial charge < -0.3 is 15.5 Å². The molecule has 84 valence electrons. The van der Waals surface area contributed by atoms with Gasteiger partial charge in [-0.1, -0.05) is 6.92 Å². The van der Waals surface area contributed by atoms with E-state index < -0.39 is 0 Å². The molecule has 0 aromatic rings. The van der Waals surface area contributed by atoms with Crippen LogP contribution in [-0.2, 0) is 0 Å². The summed E-state index contributed by atoms with van der Waals surface area (Å²) in [5.41, 5.74) is 0. The third-order valence-corrected chi connectivity index (χ3v) is 2.54. The summed E-state index contributed by atoms with van der Waals surface area (Å²) in [5.74, 6) is 0.574. The van der Waals surface area contributed by atoms with E-state index in [0.717, 1.165) is 19.5 Å². The van der Waals surface area contributed by atoms with Gasteiger partial charge in [-0.3, -0.25) is 0 Å². The monoisotopic (exact) mass is 221 g/mol. The van der Waals surface area contributed by atoms with E-state index in [1.807, 2.05) is 0 Å². The lowest BCUT2D eigenvalue weighted by atomic mass is 9.95. The second-order valence-electron chi connectivity index (χ2n) is 3.92. The average Bonchev–Trinajstić information content (AvgIpc) is 2.08. The number of amides is 2. The Hall–Kier alpha value is -0.480. The molecule has 14 heavy (non-hydrogen) atoms. The number of piperidine rings is 1. The average molecular weight is 222 g/mol. The predicted octanol–water partition coefficient (Wildman–Crippen LogP) is 0.677. The molecular weight excluding hydrogens is 202 g/mol. The van der Waals surface area contributed by atoms with Gasteiger partial charge in [-0.25, -0.2) is 4.79 Å². The van der Waals surface area contributed by atoms with E-state index in [0.29, 0.717) is 5.92 Å². The Kier molecular flexibility index (Phi) is 5.88. The van der Waals surface area contributed by atoms with Gasteiger partial charge in [0.2, 0.25) is 0 Å². The van der Waals surface area contributed by atoms with Crippen LogP contribution in [0.15, 0.2) is 0 Å². The van der Waals surface area contributed by atoms with Gasteiger partial charge in [0.1, 0.15) is 0 Å². The zero-order chi connectivity index (χ0) is 9.84. The van der Waals surface area contributed by atoms with Gasteiger partial charge >= 0.3 is 6.03 Å². The van der Waals surface area contributed by atoms with Crippen molar-refractivity contribution in [1.29, 1.82) is 0 Å². The minimum atomic E-state index is 0. The molecule has 1 heterocycles. The highest BCUT2D eigenvalue weighted by atomic mass is 35.5. The molecule has 0 aromatic heterocycles. The topological polar surface area (TPSA) is 44.4 Å². The maximum absolute atomic E-state index is 11.3. The van der Waals surface area contributed by atoms with Crippen molar-refractivity contribution in [2.75, 3.05) is 27.2 Å². The molecule has 1 aliphatic rings. The van der Waals surface area contributed by atoms with E-state index in [9.17, 15) is 4.79 Å². The molecule has 2 atom stereocenters.